The van der Waals surface area contributed by atoms with Gasteiger partial charge in [0, 0.05) is 13.1 Å². The van der Waals surface area contributed by atoms with Crippen LogP contribution in [-0.2, 0) is 7.05 Å². The second-order valence-corrected chi connectivity index (χ2v) is 5.53. The van der Waals surface area contributed by atoms with E-state index in [0.29, 0.717) is 17.3 Å². The number of nitrogens with zero attached hydrogens (tertiary/aromatic N) is 3. The first kappa shape index (κ1) is 11.9. The molecule has 1 atom stereocenters. The van der Waals surface area contributed by atoms with E-state index in [1.54, 1.807) is 11.6 Å². The fourth-order valence-electron chi connectivity index (χ4n) is 2.47. The quantitative estimate of drug-likeness (QED) is 0.647. The number of anilines is 1. The smallest absolute Gasteiger partial charge is 0.362 e. The molecule has 1 aromatic heterocycles. The van der Waals surface area contributed by atoms with E-state index in [9.17, 15) is 10.1 Å². The minimum absolute atomic E-state index is 0.0859. The molecule has 1 fully saturated rings. The lowest BCUT2D eigenvalue weighted by Crippen LogP contribution is -2.19. The second-order valence-electron chi connectivity index (χ2n) is 5.53. The van der Waals surface area contributed by atoms with Crippen molar-refractivity contribution in [2.24, 2.45) is 12.5 Å². The van der Waals surface area contributed by atoms with Crippen molar-refractivity contribution in [2.45, 2.75) is 39.2 Å². The van der Waals surface area contributed by atoms with Crippen molar-refractivity contribution in [1.29, 1.82) is 0 Å². The van der Waals surface area contributed by atoms with Gasteiger partial charge >= 0.3 is 5.82 Å². The Morgan fingerprint density at radius 2 is 2.35 bits per heavy atom. The number of hydrogen-bond donors (Lipinski definition) is 1. The molecule has 0 spiro atoms. The molecule has 17 heavy (non-hydrogen) atoms. The largest absolute Gasteiger partial charge is 0.406 e. The summed E-state index contributed by atoms with van der Waals surface area (Å²) in [6.45, 7) is 4.46. The fraction of sp³-hybridized carbons (Fsp3) is 0.727. The molecule has 1 aromatic rings. The van der Waals surface area contributed by atoms with Crippen LogP contribution in [0.2, 0.25) is 0 Å². The van der Waals surface area contributed by atoms with Crippen LogP contribution in [0.1, 0.15) is 33.1 Å². The first-order chi connectivity index (χ1) is 7.89. The third-order valence-electron chi connectivity index (χ3n) is 3.40. The number of imidazole rings is 1. The minimum Gasteiger partial charge on any atom is -0.362 e. The van der Waals surface area contributed by atoms with Gasteiger partial charge in [-0.3, -0.25) is 4.57 Å². The predicted octanol–water partition coefficient (Wildman–Crippen LogP) is 2.32. The molecular formula is C11H18N4O2. The molecule has 0 saturated heterocycles. The molecule has 6 nitrogen and oxygen atoms in total. The lowest BCUT2D eigenvalue weighted by atomic mass is 9.92. The van der Waals surface area contributed by atoms with Gasteiger partial charge in [-0.1, -0.05) is 13.8 Å². The average Bonchev–Trinajstić information content (AvgIpc) is 2.72. The van der Waals surface area contributed by atoms with Crippen LogP contribution in [0.15, 0.2) is 6.33 Å². The molecule has 0 radical (unpaired) electrons. The highest BCUT2D eigenvalue weighted by Crippen LogP contribution is 2.39. The molecule has 0 aromatic carbocycles. The molecule has 1 N–H and O–H groups in total. The van der Waals surface area contributed by atoms with E-state index in [-0.39, 0.29) is 5.82 Å². The molecule has 1 saturated carbocycles. The van der Waals surface area contributed by atoms with Crippen LogP contribution in [0.5, 0.6) is 0 Å². The Balaban J connectivity index is 2.14. The van der Waals surface area contributed by atoms with Gasteiger partial charge in [0.1, 0.15) is 0 Å². The molecule has 0 aliphatic heterocycles. The Labute approximate surface area is 100 Å². The number of aryl methyl sites for hydroxylation is 1. The Kier molecular flexibility index (Phi) is 2.81. The summed E-state index contributed by atoms with van der Waals surface area (Å²) in [5.74, 6) is 0.426. The summed E-state index contributed by atoms with van der Waals surface area (Å²) in [6, 6.07) is 0.305. The standard InChI is InChI=1S/C11H18N4O2/c1-11(2)5-4-8(6-11)13-10-9(15(16)17)12-7-14(10)3/h7-8,13H,4-6H2,1-3H3. The van der Waals surface area contributed by atoms with Crippen molar-refractivity contribution in [3.05, 3.63) is 16.4 Å². The lowest BCUT2D eigenvalue weighted by molar-refractivity contribution is -0.388. The highest BCUT2D eigenvalue weighted by Gasteiger charge is 2.33. The van der Waals surface area contributed by atoms with Gasteiger partial charge in [0.15, 0.2) is 0 Å². The maximum Gasteiger partial charge on any atom is 0.406 e. The van der Waals surface area contributed by atoms with Crippen LogP contribution in [0, 0.1) is 15.5 Å². The zero-order chi connectivity index (χ0) is 12.6. The van der Waals surface area contributed by atoms with Crippen LogP contribution >= 0.6 is 0 Å². The summed E-state index contributed by atoms with van der Waals surface area (Å²) in [5.41, 5.74) is 0.324. The topological polar surface area (TPSA) is 73.0 Å². The summed E-state index contributed by atoms with van der Waals surface area (Å²) in [4.78, 5) is 14.2. The third-order valence-corrected chi connectivity index (χ3v) is 3.40. The summed E-state index contributed by atoms with van der Waals surface area (Å²) in [7, 11) is 1.77. The Bertz CT molecular complexity index is 439. The molecule has 94 valence electrons. The normalized spacial score (nSPS) is 22.6. The Hall–Kier alpha value is -1.59. The predicted molar refractivity (Wildman–Crippen MR) is 64.9 cm³/mol. The SMILES string of the molecule is Cn1cnc([N+](=O)[O-])c1NC1CCC(C)(C)C1. The zero-order valence-electron chi connectivity index (χ0n) is 10.4. The monoisotopic (exact) mass is 238 g/mol. The molecule has 0 bridgehead atoms. The van der Waals surface area contributed by atoms with E-state index in [0.717, 1.165) is 19.3 Å². The number of aromatic nitrogens is 2. The van der Waals surface area contributed by atoms with Crippen molar-refractivity contribution in [2.75, 3.05) is 5.32 Å². The lowest BCUT2D eigenvalue weighted by Gasteiger charge is -2.18. The molecular weight excluding hydrogens is 220 g/mol. The first-order valence-corrected chi connectivity index (χ1v) is 5.81. The molecule has 0 amide bonds. The van der Waals surface area contributed by atoms with E-state index >= 15 is 0 Å². The van der Waals surface area contributed by atoms with Gasteiger partial charge in [-0.25, -0.2) is 0 Å². The Morgan fingerprint density at radius 3 is 2.88 bits per heavy atom. The van der Waals surface area contributed by atoms with Crippen molar-refractivity contribution < 1.29 is 4.92 Å². The van der Waals surface area contributed by atoms with Gasteiger partial charge in [0.2, 0.25) is 12.1 Å². The van der Waals surface area contributed by atoms with Crippen molar-refractivity contribution in [1.82, 2.24) is 9.55 Å². The Morgan fingerprint density at radius 1 is 1.65 bits per heavy atom. The van der Waals surface area contributed by atoms with Crippen molar-refractivity contribution in [3.63, 3.8) is 0 Å². The van der Waals surface area contributed by atoms with E-state index in [1.807, 2.05) is 0 Å². The number of rotatable bonds is 3. The maximum atomic E-state index is 10.8. The van der Waals surface area contributed by atoms with Gasteiger partial charge in [-0.2, -0.15) is 0 Å². The number of nitrogens with one attached hydrogen (secondary N) is 1. The van der Waals surface area contributed by atoms with Crippen molar-refractivity contribution in [3.8, 4) is 0 Å². The van der Waals surface area contributed by atoms with Gasteiger partial charge in [0.05, 0.1) is 0 Å². The second kappa shape index (κ2) is 4.01. The van der Waals surface area contributed by atoms with E-state index < -0.39 is 4.92 Å². The van der Waals surface area contributed by atoms with Crippen LogP contribution in [-0.4, -0.2) is 20.5 Å². The number of nitro groups is 1. The molecule has 6 heteroatoms. The molecule has 1 heterocycles. The van der Waals surface area contributed by atoms with Crippen LogP contribution < -0.4 is 5.32 Å². The van der Waals surface area contributed by atoms with Gasteiger partial charge in [-0.15, -0.1) is 0 Å². The highest BCUT2D eigenvalue weighted by atomic mass is 16.6. The summed E-state index contributed by atoms with van der Waals surface area (Å²) in [6.07, 6.45) is 4.71. The molecule has 1 unspecified atom stereocenters. The first-order valence-electron chi connectivity index (χ1n) is 5.81. The van der Waals surface area contributed by atoms with Crippen LogP contribution in [0.4, 0.5) is 11.6 Å². The zero-order valence-corrected chi connectivity index (χ0v) is 10.4. The van der Waals surface area contributed by atoms with E-state index in [1.165, 1.54) is 6.33 Å². The average molecular weight is 238 g/mol. The molecule has 2 rings (SSSR count). The van der Waals surface area contributed by atoms with E-state index in [4.69, 9.17) is 0 Å². The highest BCUT2D eigenvalue weighted by molar-refractivity contribution is 5.52. The van der Waals surface area contributed by atoms with Gasteiger partial charge < -0.3 is 15.4 Å². The maximum absolute atomic E-state index is 10.8. The fourth-order valence-corrected chi connectivity index (χ4v) is 2.47. The van der Waals surface area contributed by atoms with Gasteiger partial charge in [0.25, 0.3) is 0 Å². The number of hydrogen-bond acceptors (Lipinski definition) is 4. The van der Waals surface area contributed by atoms with Gasteiger partial charge in [-0.05, 0) is 34.6 Å². The van der Waals surface area contributed by atoms with E-state index in [2.05, 4.69) is 24.1 Å². The minimum atomic E-state index is -0.442. The summed E-state index contributed by atoms with van der Waals surface area (Å²) >= 11 is 0. The van der Waals surface area contributed by atoms with Crippen LogP contribution in [0.25, 0.3) is 0 Å². The molecule has 1 aliphatic carbocycles. The van der Waals surface area contributed by atoms with Crippen LogP contribution in [0.3, 0.4) is 0 Å². The molecule has 1 aliphatic rings. The summed E-state index contributed by atoms with van der Waals surface area (Å²) < 4.78 is 1.67. The van der Waals surface area contributed by atoms with Crippen molar-refractivity contribution >= 4 is 11.6 Å². The third kappa shape index (κ3) is 2.40. The summed E-state index contributed by atoms with van der Waals surface area (Å²) in [5, 5.41) is 14.1.